The largest absolute Gasteiger partial charge is 0.494 e. The van der Waals surface area contributed by atoms with Crippen LogP contribution in [0.2, 0.25) is 0 Å². The van der Waals surface area contributed by atoms with Crippen LogP contribution in [0.3, 0.4) is 0 Å². The van der Waals surface area contributed by atoms with E-state index in [0.29, 0.717) is 38.5 Å². The summed E-state index contributed by atoms with van der Waals surface area (Å²) in [6.07, 6.45) is -22.2. The summed E-state index contributed by atoms with van der Waals surface area (Å²) < 4.78 is 54.1. The van der Waals surface area contributed by atoms with E-state index < -0.39 is 160 Å². The third-order valence-corrected chi connectivity index (χ3v) is 19.1. The smallest absolute Gasteiger partial charge is 0.187 e. The van der Waals surface area contributed by atoms with Crippen molar-refractivity contribution in [2.45, 2.75) is 233 Å². The molecule has 9 aliphatic rings. The number of ether oxygens (including phenoxy) is 9. The van der Waals surface area contributed by atoms with Gasteiger partial charge in [-0.2, -0.15) is 0 Å². The lowest BCUT2D eigenvalue weighted by atomic mass is 9.45. The zero-order chi connectivity index (χ0) is 53.5. The highest BCUT2D eigenvalue weighted by atomic mass is 16.8. The van der Waals surface area contributed by atoms with Crippen LogP contribution in [-0.4, -0.2) is 239 Å². The fourth-order valence-electron chi connectivity index (χ4n) is 14.5. The van der Waals surface area contributed by atoms with Crippen LogP contribution in [-0.2, 0) is 42.6 Å². The molecule has 0 spiro atoms. The Labute approximate surface area is 430 Å². The van der Waals surface area contributed by atoms with E-state index in [0.717, 1.165) is 30.6 Å². The molecule has 29 atom stereocenters. The van der Waals surface area contributed by atoms with E-state index in [1.807, 2.05) is 6.92 Å². The molecule has 0 bridgehead atoms. The Morgan fingerprint density at radius 1 is 0.649 bits per heavy atom. The quantitative estimate of drug-likeness (QED) is 0.0730. The van der Waals surface area contributed by atoms with Gasteiger partial charge in [0.1, 0.15) is 97.7 Å². The number of hydrogen-bond donors (Lipinski definition) is 14. The number of fused-ring (bicyclic) bond motifs is 7. The second-order valence-electron chi connectivity index (χ2n) is 23.4. The summed E-state index contributed by atoms with van der Waals surface area (Å²) in [5.41, 5.74) is 0.585. The van der Waals surface area contributed by atoms with Gasteiger partial charge in [-0.15, -0.1) is 0 Å². The van der Waals surface area contributed by atoms with E-state index in [1.165, 1.54) is 12.5 Å². The van der Waals surface area contributed by atoms with Gasteiger partial charge < -0.3 is 114 Å². The lowest BCUT2D eigenvalue weighted by molar-refractivity contribution is -0.369. The molecule has 0 aromatic heterocycles. The van der Waals surface area contributed by atoms with Crippen molar-refractivity contribution in [3.63, 3.8) is 0 Å². The predicted molar refractivity (Wildman–Crippen MR) is 250 cm³/mol. The number of hydrogen-bond acceptors (Lipinski definition) is 23. The molecule has 424 valence electrons. The summed E-state index contributed by atoms with van der Waals surface area (Å²) in [5.74, 6) is 0.900. The van der Waals surface area contributed by atoms with E-state index in [1.54, 1.807) is 0 Å². The van der Waals surface area contributed by atoms with Gasteiger partial charge in [0.15, 0.2) is 25.2 Å². The van der Waals surface area contributed by atoms with Gasteiger partial charge in [0.05, 0.1) is 50.0 Å². The van der Waals surface area contributed by atoms with Crippen molar-refractivity contribution in [1.82, 2.24) is 0 Å². The maximum atomic E-state index is 13.1. The van der Waals surface area contributed by atoms with Crippen LogP contribution in [0.1, 0.15) is 92.4 Å². The molecule has 0 amide bonds. The SMILES string of the molecule is CC1=C(CCC(C)COC2OC(CO)C(O)C(O)C2OC2OC(CO)C(O)C(O)C2O)OC2CC3(O)C4CC=C5CC(OC6OC(CO)C(O)C(O)C6OC6OC(C)C(O)C(O)C6O)CCC5(C)C4CCC3(C)C12. The number of aliphatic hydroxyl groups is 14. The van der Waals surface area contributed by atoms with E-state index in [9.17, 15) is 71.5 Å². The van der Waals surface area contributed by atoms with E-state index in [2.05, 4.69) is 26.8 Å². The van der Waals surface area contributed by atoms with Crippen LogP contribution in [0.5, 0.6) is 0 Å². The summed E-state index contributed by atoms with van der Waals surface area (Å²) in [6, 6.07) is 0. The lowest BCUT2D eigenvalue weighted by Gasteiger charge is -2.61. The summed E-state index contributed by atoms with van der Waals surface area (Å²) in [4.78, 5) is 0. The Balaban J connectivity index is 0.823. The Morgan fingerprint density at radius 3 is 1.82 bits per heavy atom. The van der Waals surface area contributed by atoms with Crippen LogP contribution in [0.25, 0.3) is 0 Å². The van der Waals surface area contributed by atoms with Crippen molar-refractivity contribution in [3.05, 3.63) is 23.0 Å². The molecule has 0 aromatic carbocycles. The predicted octanol–water partition coefficient (Wildman–Crippen LogP) is -2.94. The van der Waals surface area contributed by atoms with Crippen molar-refractivity contribution in [2.24, 2.45) is 34.5 Å². The highest BCUT2D eigenvalue weighted by Crippen LogP contribution is 2.70. The fraction of sp³-hybridized carbons (Fsp3) is 0.922. The van der Waals surface area contributed by atoms with Gasteiger partial charge in [0.2, 0.25) is 0 Å². The fourth-order valence-corrected chi connectivity index (χ4v) is 14.5. The lowest BCUT2D eigenvalue weighted by Crippen LogP contribution is -2.64. The first-order valence-electron chi connectivity index (χ1n) is 26.6. The van der Waals surface area contributed by atoms with Crippen molar-refractivity contribution >= 4 is 0 Å². The molecule has 0 aromatic rings. The van der Waals surface area contributed by atoms with Crippen molar-refractivity contribution < 1.29 is 114 Å². The van der Waals surface area contributed by atoms with Gasteiger partial charge in [-0.25, -0.2) is 0 Å². The molecule has 14 N–H and O–H groups in total. The monoisotopic (exact) mass is 1060 g/mol. The Morgan fingerprint density at radius 2 is 1.20 bits per heavy atom. The van der Waals surface area contributed by atoms with Gasteiger partial charge >= 0.3 is 0 Å². The first-order chi connectivity index (χ1) is 35.0. The molecule has 4 saturated heterocycles. The molecule has 9 rings (SSSR count). The molecule has 23 heteroatoms. The van der Waals surface area contributed by atoms with E-state index in [4.69, 9.17) is 42.6 Å². The average molecular weight is 1060 g/mol. The number of allylic oxidation sites excluding steroid dienone is 2. The van der Waals surface area contributed by atoms with Crippen molar-refractivity contribution in [3.8, 4) is 0 Å². The van der Waals surface area contributed by atoms with E-state index in [-0.39, 0.29) is 41.8 Å². The van der Waals surface area contributed by atoms with Crippen LogP contribution >= 0.6 is 0 Å². The molecule has 0 radical (unpaired) electrons. The number of rotatable bonds is 15. The van der Waals surface area contributed by atoms with Gasteiger partial charge in [0, 0.05) is 24.2 Å². The highest BCUT2D eigenvalue weighted by molar-refractivity contribution is 5.34. The van der Waals surface area contributed by atoms with E-state index >= 15 is 0 Å². The average Bonchev–Trinajstić information content (AvgIpc) is 3.83. The molecule has 4 aliphatic carbocycles. The third kappa shape index (κ3) is 9.86. The van der Waals surface area contributed by atoms with Gasteiger partial charge in [0.25, 0.3) is 0 Å². The topological polar surface area (TPSA) is 366 Å². The standard InChI is InChI=1S/C51H82O23/c1-20(19-66-47-43(39(61)35(57)30(17-53)71-47)73-46-42(64)38(60)34(56)29(16-52)70-46)6-9-27-21(2)32-28(69-27)15-51(65)26-8-7-23-14-24(10-12-49(23,4)25(26)11-13-50(32,51)5)68-48-44(40(62)36(58)31(18-54)72-48)74-45-41(63)37(59)33(55)22(3)67-45/h7,20,22,24-26,28-48,52-65H,6,8-19H2,1-5H3. The number of aliphatic hydroxyl groups excluding tert-OH is 13. The molecule has 29 unspecified atom stereocenters. The van der Waals surface area contributed by atoms with Crippen LogP contribution in [0.4, 0.5) is 0 Å². The summed E-state index contributed by atoms with van der Waals surface area (Å²) >= 11 is 0. The first kappa shape index (κ1) is 57.1. The Bertz CT molecular complexity index is 2000. The molecule has 74 heavy (non-hydrogen) atoms. The third-order valence-electron chi connectivity index (χ3n) is 19.1. The van der Waals surface area contributed by atoms with Crippen LogP contribution in [0, 0.1) is 34.5 Å². The van der Waals surface area contributed by atoms with Crippen molar-refractivity contribution in [1.29, 1.82) is 0 Å². The molecule has 23 nitrogen and oxygen atoms in total. The normalized spacial score (nSPS) is 52.9. The summed E-state index contributed by atoms with van der Waals surface area (Å²) in [5, 5.41) is 149. The molecular formula is C51H82O23. The second kappa shape index (κ2) is 22.1. The summed E-state index contributed by atoms with van der Waals surface area (Å²) in [6.45, 7) is 8.15. The minimum atomic E-state index is -1.79. The molecular weight excluding hydrogens is 981 g/mol. The zero-order valence-corrected chi connectivity index (χ0v) is 42.7. The Hall–Kier alpha value is -1.60. The van der Waals surface area contributed by atoms with Gasteiger partial charge in [-0.3, -0.25) is 0 Å². The van der Waals surface area contributed by atoms with Gasteiger partial charge in [-0.05, 0) is 87.5 Å². The first-order valence-corrected chi connectivity index (χ1v) is 26.6. The minimum Gasteiger partial charge on any atom is -0.494 e. The van der Waals surface area contributed by atoms with Crippen LogP contribution < -0.4 is 0 Å². The molecule has 5 heterocycles. The second-order valence-corrected chi connectivity index (χ2v) is 23.4. The summed E-state index contributed by atoms with van der Waals surface area (Å²) in [7, 11) is 0. The minimum absolute atomic E-state index is 0.00411. The Kier molecular flexibility index (Phi) is 17.1. The van der Waals surface area contributed by atoms with Crippen LogP contribution in [0.15, 0.2) is 23.0 Å². The van der Waals surface area contributed by atoms with Gasteiger partial charge in [-0.1, -0.05) is 32.4 Å². The zero-order valence-electron chi connectivity index (χ0n) is 42.7. The highest BCUT2D eigenvalue weighted by Gasteiger charge is 2.71. The molecule has 3 saturated carbocycles. The molecule has 5 aliphatic heterocycles. The molecule has 7 fully saturated rings. The maximum absolute atomic E-state index is 13.1. The maximum Gasteiger partial charge on any atom is 0.187 e. The van der Waals surface area contributed by atoms with Crippen molar-refractivity contribution in [2.75, 3.05) is 26.4 Å².